The maximum Gasteiger partial charge on any atom is 0.131 e. The molecule has 1 aromatic heterocycles. The van der Waals surface area contributed by atoms with Gasteiger partial charge in [0.25, 0.3) is 0 Å². The minimum Gasteiger partial charge on any atom is -0.497 e. The molecule has 0 amide bonds. The maximum absolute atomic E-state index is 6.28. The fraction of sp³-hybridized carbons (Fsp3) is 0.400. The summed E-state index contributed by atoms with van der Waals surface area (Å²) in [5, 5.41) is 0. The van der Waals surface area contributed by atoms with Crippen LogP contribution in [-0.2, 0) is 0 Å². The quantitative estimate of drug-likeness (QED) is 0.930. The van der Waals surface area contributed by atoms with Gasteiger partial charge in [-0.15, -0.1) is 0 Å². The number of nitrogens with two attached hydrogens (primary N) is 1. The Bertz CT molecular complexity index is 623. The Balaban J connectivity index is 2.10. The topological polar surface area (TPSA) is 62.3 Å². The Labute approximate surface area is 118 Å². The van der Waals surface area contributed by atoms with Gasteiger partial charge in [0.15, 0.2) is 0 Å². The van der Waals surface area contributed by atoms with Crippen LogP contribution in [0.1, 0.15) is 24.7 Å². The molecule has 1 fully saturated rings. The van der Waals surface area contributed by atoms with E-state index in [4.69, 9.17) is 15.2 Å². The lowest BCUT2D eigenvalue weighted by Gasteiger charge is -2.08. The molecule has 0 unspecified atom stereocenters. The fourth-order valence-electron chi connectivity index (χ4n) is 2.51. The second-order valence-corrected chi connectivity index (χ2v) is 5.10. The minimum absolute atomic E-state index is 0.517. The Kier molecular flexibility index (Phi) is 3.04. The van der Waals surface area contributed by atoms with Gasteiger partial charge in [-0.3, -0.25) is 0 Å². The molecule has 1 aliphatic rings. The summed E-state index contributed by atoms with van der Waals surface area (Å²) in [7, 11) is 3.27. The van der Waals surface area contributed by atoms with Crippen molar-refractivity contribution in [2.75, 3.05) is 20.0 Å². The molecule has 20 heavy (non-hydrogen) atoms. The van der Waals surface area contributed by atoms with Crippen LogP contribution in [0.2, 0.25) is 0 Å². The van der Waals surface area contributed by atoms with Crippen molar-refractivity contribution in [1.29, 1.82) is 0 Å². The summed E-state index contributed by atoms with van der Waals surface area (Å²) in [4.78, 5) is 4.62. The first-order valence-electron chi connectivity index (χ1n) is 6.71. The summed E-state index contributed by atoms with van der Waals surface area (Å²) in [6.45, 7) is 2.00. The standard InChI is InChI=1S/C15H19N3O2/c1-9-17-14(15(16)18(9)11-4-5-11)10-6-12(19-2)8-13(7-10)20-3/h6-8,11H,4-5,16H2,1-3H3. The van der Waals surface area contributed by atoms with Gasteiger partial charge in [0.1, 0.15) is 28.8 Å². The van der Waals surface area contributed by atoms with Crippen molar-refractivity contribution in [3.63, 3.8) is 0 Å². The van der Waals surface area contributed by atoms with E-state index in [2.05, 4.69) is 9.55 Å². The molecule has 0 bridgehead atoms. The largest absolute Gasteiger partial charge is 0.497 e. The van der Waals surface area contributed by atoms with E-state index in [-0.39, 0.29) is 0 Å². The summed E-state index contributed by atoms with van der Waals surface area (Å²) in [5.41, 5.74) is 7.99. The van der Waals surface area contributed by atoms with Crippen LogP contribution in [0.15, 0.2) is 18.2 Å². The number of aryl methyl sites for hydroxylation is 1. The molecule has 0 spiro atoms. The molecule has 0 radical (unpaired) electrons. The van der Waals surface area contributed by atoms with Crippen molar-refractivity contribution < 1.29 is 9.47 Å². The Morgan fingerprint density at radius 2 is 1.75 bits per heavy atom. The Morgan fingerprint density at radius 1 is 1.15 bits per heavy atom. The first-order chi connectivity index (χ1) is 9.63. The lowest BCUT2D eigenvalue weighted by molar-refractivity contribution is 0.394. The van der Waals surface area contributed by atoms with Gasteiger partial charge in [0.05, 0.1) is 14.2 Å². The molecule has 5 nitrogen and oxygen atoms in total. The molecular weight excluding hydrogens is 254 g/mol. The zero-order chi connectivity index (χ0) is 14.3. The van der Waals surface area contributed by atoms with Gasteiger partial charge in [-0.25, -0.2) is 4.98 Å². The van der Waals surface area contributed by atoms with E-state index in [9.17, 15) is 0 Å². The van der Waals surface area contributed by atoms with Gasteiger partial charge in [-0.05, 0) is 31.9 Å². The van der Waals surface area contributed by atoms with Gasteiger partial charge in [0, 0.05) is 17.7 Å². The van der Waals surface area contributed by atoms with E-state index >= 15 is 0 Å². The highest BCUT2D eigenvalue weighted by Crippen LogP contribution is 2.41. The zero-order valence-corrected chi connectivity index (χ0v) is 12.0. The first-order valence-corrected chi connectivity index (χ1v) is 6.71. The van der Waals surface area contributed by atoms with Gasteiger partial charge in [0.2, 0.25) is 0 Å². The highest BCUT2D eigenvalue weighted by Gasteiger charge is 2.28. The van der Waals surface area contributed by atoms with Crippen LogP contribution in [0.25, 0.3) is 11.3 Å². The highest BCUT2D eigenvalue weighted by atomic mass is 16.5. The van der Waals surface area contributed by atoms with Crippen molar-refractivity contribution in [1.82, 2.24) is 9.55 Å². The first kappa shape index (κ1) is 12.8. The molecule has 1 aliphatic carbocycles. The molecule has 1 aromatic carbocycles. The van der Waals surface area contributed by atoms with Crippen LogP contribution in [0, 0.1) is 6.92 Å². The van der Waals surface area contributed by atoms with Crippen LogP contribution in [-0.4, -0.2) is 23.8 Å². The Morgan fingerprint density at radius 3 is 2.25 bits per heavy atom. The van der Waals surface area contributed by atoms with Crippen LogP contribution < -0.4 is 15.2 Å². The number of nitrogen functional groups attached to an aromatic ring is 1. The monoisotopic (exact) mass is 273 g/mol. The SMILES string of the molecule is COc1cc(OC)cc(-c2nc(C)n(C3CC3)c2N)c1. The van der Waals surface area contributed by atoms with E-state index in [0.29, 0.717) is 6.04 Å². The minimum atomic E-state index is 0.517. The van der Waals surface area contributed by atoms with E-state index in [1.807, 2.05) is 25.1 Å². The molecule has 3 rings (SSSR count). The fourth-order valence-corrected chi connectivity index (χ4v) is 2.51. The van der Waals surface area contributed by atoms with E-state index in [1.165, 1.54) is 12.8 Å². The number of ether oxygens (including phenoxy) is 2. The molecule has 106 valence electrons. The van der Waals surface area contributed by atoms with Gasteiger partial charge >= 0.3 is 0 Å². The van der Waals surface area contributed by atoms with Crippen LogP contribution >= 0.6 is 0 Å². The van der Waals surface area contributed by atoms with E-state index in [0.717, 1.165) is 34.4 Å². The predicted molar refractivity (Wildman–Crippen MR) is 78.2 cm³/mol. The van der Waals surface area contributed by atoms with Crippen molar-refractivity contribution in [3.8, 4) is 22.8 Å². The predicted octanol–water partition coefficient (Wildman–Crippen LogP) is 2.79. The second-order valence-electron chi connectivity index (χ2n) is 5.10. The lowest BCUT2D eigenvalue weighted by Crippen LogP contribution is -2.02. The van der Waals surface area contributed by atoms with Crippen LogP contribution in [0.4, 0.5) is 5.82 Å². The highest BCUT2D eigenvalue weighted by molar-refractivity contribution is 5.73. The summed E-state index contributed by atoms with van der Waals surface area (Å²) in [6.07, 6.45) is 2.37. The molecule has 0 saturated heterocycles. The summed E-state index contributed by atoms with van der Waals surface area (Å²) in [5.74, 6) is 3.15. The Hall–Kier alpha value is -2.17. The lowest BCUT2D eigenvalue weighted by atomic mass is 10.1. The second kappa shape index (κ2) is 4.74. The third-order valence-corrected chi connectivity index (χ3v) is 3.66. The molecule has 5 heteroatoms. The molecule has 1 heterocycles. The number of aromatic nitrogens is 2. The van der Waals surface area contributed by atoms with Gasteiger partial charge < -0.3 is 19.8 Å². The number of nitrogens with zero attached hydrogens (tertiary/aromatic N) is 2. The third-order valence-electron chi connectivity index (χ3n) is 3.66. The number of imidazole rings is 1. The molecule has 0 atom stereocenters. The number of rotatable bonds is 4. The van der Waals surface area contributed by atoms with Crippen LogP contribution in [0.3, 0.4) is 0 Å². The summed E-state index contributed by atoms with van der Waals surface area (Å²) < 4.78 is 12.7. The van der Waals surface area contributed by atoms with E-state index < -0.39 is 0 Å². The number of methoxy groups -OCH3 is 2. The van der Waals surface area contributed by atoms with Gasteiger partial charge in [-0.2, -0.15) is 0 Å². The maximum atomic E-state index is 6.28. The van der Waals surface area contributed by atoms with E-state index in [1.54, 1.807) is 14.2 Å². The molecule has 1 saturated carbocycles. The van der Waals surface area contributed by atoms with Crippen molar-refractivity contribution >= 4 is 5.82 Å². The molecule has 2 aromatic rings. The normalized spacial score (nSPS) is 14.3. The molecular formula is C15H19N3O2. The number of benzene rings is 1. The zero-order valence-electron chi connectivity index (χ0n) is 12.0. The molecule has 2 N–H and O–H groups in total. The van der Waals surface area contributed by atoms with Gasteiger partial charge in [-0.1, -0.05) is 0 Å². The summed E-state index contributed by atoms with van der Waals surface area (Å²) in [6, 6.07) is 6.21. The third kappa shape index (κ3) is 2.09. The van der Waals surface area contributed by atoms with Crippen LogP contribution in [0.5, 0.6) is 11.5 Å². The summed E-state index contributed by atoms with van der Waals surface area (Å²) >= 11 is 0. The smallest absolute Gasteiger partial charge is 0.131 e. The molecule has 0 aliphatic heterocycles. The number of anilines is 1. The van der Waals surface area contributed by atoms with Crippen molar-refractivity contribution in [3.05, 3.63) is 24.0 Å². The average Bonchev–Trinajstić information content (AvgIpc) is 3.24. The van der Waals surface area contributed by atoms with Crippen molar-refractivity contribution in [2.45, 2.75) is 25.8 Å². The number of hydrogen-bond donors (Lipinski definition) is 1. The average molecular weight is 273 g/mol. The number of hydrogen-bond acceptors (Lipinski definition) is 4. The van der Waals surface area contributed by atoms with Crippen molar-refractivity contribution in [2.24, 2.45) is 0 Å².